The van der Waals surface area contributed by atoms with Crippen molar-refractivity contribution >= 4 is 17.6 Å². The van der Waals surface area contributed by atoms with Crippen molar-refractivity contribution in [3.8, 4) is 5.75 Å². The van der Waals surface area contributed by atoms with Gasteiger partial charge in [-0.3, -0.25) is 9.79 Å². The lowest BCUT2D eigenvalue weighted by molar-refractivity contribution is -0.114. The number of nitrogens with zero attached hydrogens (tertiary/aromatic N) is 1. The summed E-state index contributed by atoms with van der Waals surface area (Å²) in [5, 5.41) is 9.36. The number of anilines is 1. The number of hydrogen-bond donors (Lipinski definition) is 3. The summed E-state index contributed by atoms with van der Waals surface area (Å²) in [7, 11) is 3.35. The number of aliphatic imine (C=N–C) groups is 1. The first-order chi connectivity index (χ1) is 10.6. The highest BCUT2D eigenvalue weighted by atomic mass is 16.5. The maximum atomic E-state index is 11.2. The molecule has 0 spiro atoms. The van der Waals surface area contributed by atoms with E-state index >= 15 is 0 Å². The van der Waals surface area contributed by atoms with Gasteiger partial charge in [-0.1, -0.05) is 6.07 Å². The molecule has 0 heterocycles. The first kappa shape index (κ1) is 16.1. The third kappa shape index (κ3) is 4.95. The SMILES string of the molecule is CN=C(NCc1ccc(OC)c(NC(C)=O)c1)NCC1CC1. The van der Waals surface area contributed by atoms with Crippen LogP contribution in [0.2, 0.25) is 0 Å². The van der Waals surface area contributed by atoms with Gasteiger partial charge in [-0.2, -0.15) is 0 Å². The highest BCUT2D eigenvalue weighted by molar-refractivity contribution is 5.90. The first-order valence-electron chi connectivity index (χ1n) is 7.51. The second kappa shape index (κ2) is 7.68. The minimum Gasteiger partial charge on any atom is -0.495 e. The highest BCUT2D eigenvalue weighted by Gasteiger charge is 2.21. The maximum Gasteiger partial charge on any atom is 0.221 e. The quantitative estimate of drug-likeness (QED) is 0.553. The second-order valence-electron chi connectivity index (χ2n) is 5.47. The minimum absolute atomic E-state index is 0.120. The summed E-state index contributed by atoms with van der Waals surface area (Å²) in [6.45, 7) is 3.08. The molecule has 1 saturated carbocycles. The Kier molecular flexibility index (Phi) is 5.63. The van der Waals surface area contributed by atoms with E-state index in [1.165, 1.54) is 19.8 Å². The van der Waals surface area contributed by atoms with Gasteiger partial charge < -0.3 is 20.7 Å². The van der Waals surface area contributed by atoms with Crippen molar-refractivity contribution in [2.24, 2.45) is 10.9 Å². The van der Waals surface area contributed by atoms with Crippen LogP contribution in [0.4, 0.5) is 5.69 Å². The van der Waals surface area contributed by atoms with E-state index in [4.69, 9.17) is 4.74 Å². The molecule has 0 saturated heterocycles. The lowest BCUT2D eigenvalue weighted by atomic mass is 10.2. The van der Waals surface area contributed by atoms with E-state index in [9.17, 15) is 4.79 Å². The molecule has 1 aliphatic rings. The fourth-order valence-corrected chi connectivity index (χ4v) is 2.12. The van der Waals surface area contributed by atoms with Crippen LogP contribution in [0.1, 0.15) is 25.3 Å². The van der Waals surface area contributed by atoms with Crippen LogP contribution in [0, 0.1) is 5.92 Å². The van der Waals surface area contributed by atoms with Crippen molar-refractivity contribution in [1.82, 2.24) is 10.6 Å². The van der Waals surface area contributed by atoms with Crippen LogP contribution < -0.4 is 20.7 Å². The molecule has 1 aromatic carbocycles. The van der Waals surface area contributed by atoms with E-state index in [2.05, 4.69) is 20.9 Å². The second-order valence-corrected chi connectivity index (χ2v) is 5.47. The van der Waals surface area contributed by atoms with Gasteiger partial charge in [0.05, 0.1) is 12.8 Å². The Labute approximate surface area is 131 Å². The lowest BCUT2D eigenvalue weighted by Gasteiger charge is -2.14. The van der Waals surface area contributed by atoms with E-state index < -0.39 is 0 Å². The smallest absolute Gasteiger partial charge is 0.221 e. The van der Waals surface area contributed by atoms with Crippen molar-refractivity contribution in [3.63, 3.8) is 0 Å². The number of hydrogen-bond acceptors (Lipinski definition) is 3. The molecule has 120 valence electrons. The van der Waals surface area contributed by atoms with Crippen LogP contribution in [-0.2, 0) is 11.3 Å². The largest absolute Gasteiger partial charge is 0.495 e. The van der Waals surface area contributed by atoms with Crippen molar-refractivity contribution in [3.05, 3.63) is 23.8 Å². The summed E-state index contributed by atoms with van der Waals surface area (Å²) < 4.78 is 5.25. The average molecular weight is 304 g/mol. The third-order valence-electron chi connectivity index (χ3n) is 3.51. The number of nitrogens with one attached hydrogen (secondary N) is 3. The predicted octanol–water partition coefficient (Wildman–Crippen LogP) is 1.73. The number of carbonyl (C=O) groups excluding carboxylic acids is 1. The third-order valence-corrected chi connectivity index (χ3v) is 3.51. The molecule has 0 aromatic heterocycles. The Hall–Kier alpha value is -2.24. The molecule has 1 amide bonds. The summed E-state index contributed by atoms with van der Waals surface area (Å²) in [4.78, 5) is 15.5. The Bertz CT molecular complexity index is 553. The highest BCUT2D eigenvalue weighted by Crippen LogP contribution is 2.27. The van der Waals surface area contributed by atoms with Gasteiger partial charge in [-0.15, -0.1) is 0 Å². The summed E-state index contributed by atoms with van der Waals surface area (Å²) >= 11 is 0. The molecule has 1 fully saturated rings. The predicted molar refractivity (Wildman–Crippen MR) is 88.2 cm³/mol. The number of ether oxygens (including phenoxy) is 1. The van der Waals surface area contributed by atoms with Crippen LogP contribution in [0.3, 0.4) is 0 Å². The number of benzene rings is 1. The molecule has 0 radical (unpaired) electrons. The van der Waals surface area contributed by atoms with E-state index in [0.717, 1.165) is 24.0 Å². The van der Waals surface area contributed by atoms with Gasteiger partial charge in [0, 0.05) is 27.1 Å². The van der Waals surface area contributed by atoms with Crippen molar-refractivity contribution < 1.29 is 9.53 Å². The van der Waals surface area contributed by atoms with Crippen LogP contribution in [0.5, 0.6) is 5.75 Å². The summed E-state index contributed by atoms with van der Waals surface area (Å²) in [5.74, 6) is 2.12. The molecule has 1 aromatic rings. The Morgan fingerprint density at radius 3 is 2.73 bits per heavy atom. The van der Waals surface area contributed by atoms with Gasteiger partial charge in [-0.05, 0) is 36.5 Å². The van der Waals surface area contributed by atoms with Crippen LogP contribution in [-0.4, -0.2) is 32.6 Å². The summed E-state index contributed by atoms with van der Waals surface area (Å²) in [6.07, 6.45) is 2.62. The Balaban J connectivity index is 1.94. The first-order valence-corrected chi connectivity index (χ1v) is 7.51. The zero-order valence-electron chi connectivity index (χ0n) is 13.4. The monoisotopic (exact) mass is 304 g/mol. The van der Waals surface area contributed by atoms with Gasteiger partial charge in [-0.25, -0.2) is 0 Å². The van der Waals surface area contributed by atoms with Crippen molar-refractivity contribution in [2.75, 3.05) is 26.0 Å². The van der Waals surface area contributed by atoms with Gasteiger partial charge in [0.15, 0.2) is 5.96 Å². The standard InChI is InChI=1S/C16H24N4O2/c1-11(21)20-14-8-13(6-7-15(14)22-3)10-19-16(17-2)18-9-12-4-5-12/h6-8,12H,4-5,9-10H2,1-3H3,(H,20,21)(H2,17,18,19). The molecule has 22 heavy (non-hydrogen) atoms. The molecular weight excluding hydrogens is 280 g/mol. The van der Waals surface area contributed by atoms with Gasteiger partial charge in [0.2, 0.25) is 5.91 Å². The molecule has 6 heteroatoms. The molecular formula is C16H24N4O2. The van der Waals surface area contributed by atoms with E-state index in [1.54, 1.807) is 14.2 Å². The van der Waals surface area contributed by atoms with E-state index in [1.807, 2.05) is 18.2 Å². The number of methoxy groups -OCH3 is 1. The van der Waals surface area contributed by atoms with E-state index in [-0.39, 0.29) is 5.91 Å². The fraction of sp³-hybridized carbons (Fsp3) is 0.500. The van der Waals surface area contributed by atoms with Crippen molar-refractivity contribution in [1.29, 1.82) is 0 Å². The molecule has 1 aliphatic carbocycles. The molecule has 6 nitrogen and oxygen atoms in total. The van der Waals surface area contributed by atoms with Crippen molar-refractivity contribution in [2.45, 2.75) is 26.3 Å². The van der Waals surface area contributed by atoms with Gasteiger partial charge in [0.1, 0.15) is 5.75 Å². The minimum atomic E-state index is -0.120. The molecule has 0 atom stereocenters. The topological polar surface area (TPSA) is 74.8 Å². The number of carbonyl (C=O) groups is 1. The number of guanidine groups is 1. The molecule has 0 unspecified atom stereocenters. The van der Waals surface area contributed by atoms with Crippen LogP contribution in [0.15, 0.2) is 23.2 Å². The molecule has 2 rings (SSSR count). The molecule has 0 aliphatic heterocycles. The number of amides is 1. The maximum absolute atomic E-state index is 11.2. The van der Waals surface area contributed by atoms with Crippen LogP contribution in [0.25, 0.3) is 0 Å². The lowest BCUT2D eigenvalue weighted by Crippen LogP contribution is -2.37. The Morgan fingerprint density at radius 1 is 1.36 bits per heavy atom. The fourth-order valence-electron chi connectivity index (χ4n) is 2.12. The average Bonchev–Trinajstić information content (AvgIpc) is 3.31. The Morgan fingerprint density at radius 2 is 2.14 bits per heavy atom. The van der Waals surface area contributed by atoms with Crippen LogP contribution >= 0.6 is 0 Å². The van der Waals surface area contributed by atoms with E-state index in [0.29, 0.717) is 18.0 Å². The van der Waals surface area contributed by atoms with Gasteiger partial charge in [0.25, 0.3) is 0 Å². The summed E-state index contributed by atoms with van der Waals surface area (Å²) in [5.41, 5.74) is 1.72. The molecule has 3 N–H and O–H groups in total. The zero-order chi connectivity index (χ0) is 15.9. The summed E-state index contributed by atoms with van der Waals surface area (Å²) in [6, 6.07) is 5.72. The van der Waals surface area contributed by atoms with Gasteiger partial charge >= 0.3 is 0 Å². The molecule has 0 bridgehead atoms. The number of rotatable bonds is 6. The normalized spacial score (nSPS) is 14.4. The zero-order valence-corrected chi connectivity index (χ0v) is 13.4.